The minimum atomic E-state index is -0.435. The Bertz CT molecular complexity index is 1030. The van der Waals surface area contributed by atoms with Crippen molar-refractivity contribution in [2.45, 2.75) is 44.1 Å². The number of H-pyrrole nitrogens is 1. The second-order valence-corrected chi connectivity index (χ2v) is 7.60. The third-order valence-corrected chi connectivity index (χ3v) is 5.87. The van der Waals surface area contributed by atoms with Crippen LogP contribution in [0.15, 0.2) is 24.6 Å². The molecule has 0 aliphatic heterocycles. The van der Waals surface area contributed by atoms with Crippen LogP contribution in [0.3, 0.4) is 0 Å². The normalized spacial score (nSPS) is 22.0. The second-order valence-electron chi connectivity index (χ2n) is 7.60. The van der Waals surface area contributed by atoms with Gasteiger partial charge >= 0.3 is 0 Å². The van der Waals surface area contributed by atoms with Gasteiger partial charge in [0, 0.05) is 31.8 Å². The van der Waals surface area contributed by atoms with Crippen molar-refractivity contribution in [3.05, 3.63) is 36.1 Å². The van der Waals surface area contributed by atoms with Gasteiger partial charge in [0.15, 0.2) is 11.5 Å². The summed E-state index contributed by atoms with van der Waals surface area (Å²) in [5.74, 6) is 3.15. The van der Waals surface area contributed by atoms with Crippen molar-refractivity contribution in [2.75, 3.05) is 19.5 Å². The van der Waals surface area contributed by atoms with Gasteiger partial charge in [-0.2, -0.15) is 10.2 Å². The molecule has 0 unspecified atom stereocenters. The maximum Gasteiger partial charge on any atom is 0.163 e. The number of fused-ring (bicyclic) bond motifs is 1. The average Bonchev–Trinajstić information content (AvgIpc) is 3.33. The molecule has 0 atom stereocenters. The van der Waals surface area contributed by atoms with E-state index in [4.69, 9.17) is 19.4 Å². The molecule has 0 spiro atoms. The van der Waals surface area contributed by atoms with Gasteiger partial charge in [-0.05, 0) is 32.6 Å². The van der Waals surface area contributed by atoms with E-state index in [2.05, 4.69) is 27.2 Å². The first-order chi connectivity index (χ1) is 14.0. The summed E-state index contributed by atoms with van der Waals surface area (Å²) in [6.07, 6.45) is 5.19. The Kier molecular flexibility index (Phi) is 4.99. The Morgan fingerprint density at radius 1 is 1.31 bits per heavy atom. The van der Waals surface area contributed by atoms with Crippen molar-refractivity contribution in [3.63, 3.8) is 0 Å². The molecular weight excluding hydrogens is 370 g/mol. The number of ether oxygens (including phenoxy) is 2. The van der Waals surface area contributed by atoms with Gasteiger partial charge in [0.1, 0.15) is 23.0 Å². The van der Waals surface area contributed by atoms with Crippen molar-refractivity contribution < 1.29 is 9.47 Å². The Labute approximate surface area is 169 Å². The molecule has 9 nitrogen and oxygen atoms in total. The molecule has 1 saturated carbocycles. The number of nitrogens with zero attached hydrogens (tertiary/aromatic N) is 5. The van der Waals surface area contributed by atoms with Gasteiger partial charge in [-0.3, -0.25) is 9.78 Å². The quantitative estimate of drug-likeness (QED) is 0.615. The minimum absolute atomic E-state index is 0.226. The maximum atomic E-state index is 5.79. The lowest BCUT2D eigenvalue weighted by atomic mass is 9.77. The number of nitrogens with one attached hydrogen (secondary N) is 2. The maximum absolute atomic E-state index is 5.79. The standard InChI is InChI=1S/C20H27N7O2/c1-12-10-16(26-25-12)22-18-15-11-21-27(3)19(15)24-17(23-18)14-6-8-20(29-5,9-7-14)13(2)28-4/h10-11,14H,2,6-9H2,1,3-5H3,(H2,22,23,24,25,26). The van der Waals surface area contributed by atoms with Gasteiger partial charge in [-0.25, -0.2) is 9.97 Å². The Hall–Kier alpha value is -2.94. The summed E-state index contributed by atoms with van der Waals surface area (Å²) in [7, 11) is 5.25. The van der Waals surface area contributed by atoms with E-state index in [-0.39, 0.29) is 5.92 Å². The molecule has 0 bridgehead atoms. The van der Waals surface area contributed by atoms with Crippen molar-refractivity contribution in [3.8, 4) is 0 Å². The van der Waals surface area contributed by atoms with Crippen molar-refractivity contribution in [1.82, 2.24) is 29.9 Å². The number of anilines is 2. The van der Waals surface area contributed by atoms with Gasteiger partial charge in [-0.15, -0.1) is 0 Å². The highest BCUT2D eigenvalue weighted by molar-refractivity contribution is 5.88. The SMILES string of the molecule is C=C(OC)C1(OC)CCC(c2nc(Nc3cc(C)[nH]n3)c3cnn(C)c3n2)CC1. The lowest BCUT2D eigenvalue weighted by Gasteiger charge is -2.39. The highest BCUT2D eigenvalue weighted by Gasteiger charge is 2.40. The van der Waals surface area contributed by atoms with Crippen molar-refractivity contribution in [1.29, 1.82) is 0 Å². The fourth-order valence-electron chi connectivity index (χ4n) is 4.05. The van der Waals surface area contributed by atoms with Gasteiger partial charge in [0.05, 0.1) is 18.7 Å². The van der Waals surface area contributed by atoms with E-state index in [1.54, 1.807) is 25.1 Å². The molecule has 9 heteroatoms. The van der Waals surface area contributed by atoms with Crippen LogP contribution in [0.5, 0.6) is 0 Å². The fourth-order valence-corrected chi connectivity index (χ4v) is 4.05. The summed E-state index contributed by atoms with van der Waals surface area (Å²) < 4.78 is 13.0. The highest BCUT2D eigenvalue weighted by atomic mass is 16.5. The first-order valence-electron chi connectivity index (χ1n) is 9.73. The van der Waals surface area contributed by atoms with E-state index in [0.717, 1.165) is 59.9 Å². The molecule has 154 valence electrons. The Morgan fingerprint density at radius 2 is 2.07 bits per heavy atom. The summed E-state index contributed by atoms with van der Waals surface area (Å²) in [6.45, 7) is 6.00. The summed E-state index contributed by atoms with van der Waals surface area (Å²) >= 11 is 0. The van der Waals surface area contributed by atoms with Crippen LogP contribution >= 0.6 is 0 Å². The molecule has 3 aromatic rings. The molecule has 4 rings (SSSR count). The number of aryl methyl sites for hydroxylation is 2. The minimum Gasteiger partial charge on any atom is -0.499 e. The smallest absolute Gasteiger partial charge is 0.163 e. The van der Waals surface area contributed by atoms with E-state index < -0.39 is 5.60 Å². The lowest BCUT2D eigenvalue weighted by Crippen LogP contribution is -2.38. The van der Waals surface area contributed by atoms with E-state index in [9.17, 15) is 0 Å². The fraction of sp³-hybridized carbons (Fsp3) is 0.500. The molecule has 1 fully saturated rings. The van der Waals surface area contributed by atoms with Crippen molar-refractivity contribution in [2.24, 2.45) is 7.05 Å². The average molecular weight is 397 g/mol. The molecule has 2 N–H and O–H groups in total. The predicted octanol–water partition coefficient (Wildman–Crippen LogP) is 3.34. The molecule has 0 radical (unpaired) electrons. The molecule has 0 saturated heterocycles. The molecule has 0 amide bonds. The summed E-state index contributed by atoms with van der Waals surface area (Å²) in [4.78, 5) is 9.69. The first kappa shape index (κ1) is 19.4. The van der Waals surface area contributed by atoms with Crippen LogP contribution in [-0.4, -0.2) is 49.8 Å². The summed E-state index contributed by atoms with van der Waals surface area (Å²) in [5, 5.41) is 15.7. The van der Waals surface area contributed by atoms with Crippen LogP contribution in [0, 0.1) is 6.92 Å². The number of aromatic nitrogens is 6. The van der Waals surface area contributed by atoms with E-state index in [1.165, 1.54) is 0 Å². The Balaban J connectivity index is 1.64. The van der Waals surface area contributed by atoms with Gasteiger partial charge < -0.3 is 14.8 Å². The molecule has 1 aliphatic carbocycles. The van der Waals surface area contributed by atoms with Gasteiger partial charge in [0.25, 0.3) is 0 Å². The number of rotatable bonds is 6. The largest absolute Gasteiger partial charge is 0.499 e. The van der Waals surface area contributed by atoms with Crippen LogP contribution in [0.4, 0.5) is 11.6 Å². The predicted molar refractivity (Wildman–Crippen MR) is 110 cm³/mol. The third kappa shape index (κ3) is 3.46. The molecule has 29 heavy (non-hydrogen) atoms. The van der Waals surface area contributed by atoms with E-state index >= 15 is 0 Å². The first-order valence-corrected chi connectivity index (χ1v) is 9.73. The van der Waals surface area contributed by atoms with Gasteiger partial charge in [-0.1, -0.05) is 6.58 Å². The van der Waals surface area contributed by atoms with Crippen LogP contribution in [-0.2, 0) is 16.5 Å². The third-order valence-electron chi connectivity index (χ3n) is 5.87. The number of hydrogen-bond donors (Lipinski definition) is 2. The molecule has 3 aromatic heterocycles. The Morgan fingerprint density at radius 3 is 2.69 bits per heavy atom. The zero-order chi connectivity index (χ0) is 20.6. The topological polar surface area (TPSA) is 103 Å². The monoisotopic (exact) mass is 397 g/mol. The summed E-state index contributed by atoms with van der Waals surface area (Å²) in [6, 6.07) is 1.94. The number of aromatic amines is 1. The van der Waals surface area contributed by atoms with Crippen LogP contribution in [0.1, 0.15) is 43.1 Å². The van der Waals surface area contributed by atoms with E-state index in [1.807, 2.05) is 20.0 Å². The lowest BCUT2D eigenvalue weighted by molar-refractivity contribution is -0.0474. The van der Waals surface area contributed by atoms with Gasteiger partial charge in [0.2, 0.25) is 0 Å². The molecule has 0 aromatic carbocycles. The zero-order valence-corrected chi connectivity index (χ0v) is 17.3. The zero-order valence-electron chi connectivity index (χ0n) is 17.3. The molecule has 1 aliphatic rings. The molecular formula is C20H27N7O2. The second kappa shape index (κ2) is 7.47. The number of hydrogen-bond acceptors (Lipinski definition) is 7. The number of methoxy groups -OCH3 is 2. The summed E-state index contributed by atoms with van der Waals surface area (Å²) in [5.41, 5.74) is 1.34. The van der Waals surface area contributed by atoms with Crippen molar-refractivity contribution >= 4 is 22.7 Å². The van der Waals surface area contributed by atoms with Crippen LogP contribution in [0.2, 0.25) is 0 Å². The highest BCUT2D eigenvalue weighted by Crippen LogP contribution is 2.43. The van der Waals surface area contributed by atoms with E-state index in [0.29, 0.717) is 5.76 Å². The van der Waals surface area contributed by atoms with Crippen LogP contribution < -0.4 is 5.32 Å². The molecule has 3 heterocycles. The van der Waals surface area contributed by atoms with Crippen LogP contribution in [0.25, 0.3) is 11.0 Å².